The Morgan fingerprint density at radius 2 is 1.83 bits per heavy atom. The molecule has 0 spiro atoms. The van der Waals surface area contributed by atoms with Crippen LogP contribution in [0, 0.1) is 6.92 Å². The van der Waals surface area contributed by atoms with Gasteiger partial charge in [-0.25, -0.2) is 4.98 Å². The number of nitrogens with zero attached hydrogens (tertiary/aromatic N) is 3. The molecule has 1 saturated heterocycles. The number of phenols is 1. The van der Waals surface area contributed by atoms with Crippen LogP contribution >= 0.6 is 0 Å². The van der Waals surface area contributed by atoms with E-state index < -0.39 is 17.7 Å². The van der Waals surface area contributed by atoms with Crippen LogP contribution in [0.1, 0.15) is 34.7 Å². The van der Waals surface area contributed by atoms with E-state index in [1.54, 1.807) is 48.9 Å². The lowest BCUT2D eigenvalue weighted by atomic mass is 9.95. The van der Waals surface area contributed by atoms with E-state index in [-0.39, 0.29) is 29.4 Å². The molecule has 1 atom stereocenters. The van der Waals surface area contributed by atoms with E-state index in [1.165, 1.54) is 18.1 Å². The number of rotatable bonds is 10. The number of aliphatic hydroxyl groups is 1. The number of ether oxygens (including phenoxy) is 2. The minimum Gasteiger partial charge on any atom is -0.507 e. The Kier molecular flexibility index (Phi) is 8.05. The largest absolute Gasteiger partial charge is 0.507 e. The number of hydrogen-bond acceptors (Lipinski definition) is 7. The summed E-state index contributed by atoms with van der Waals surface area (Å²) in [6, 6.07) is 18.5. The summed E-state index contributed by atoms with van der Waals surface area (Å²) in [7, 11) is 1.42. The van der Waals surface area contributed by atoms with E-state index in [9.17, 15) is 19.8 Å². The zero-order chi connectivity index (χ0) is 28.9. The molecule has 9 heteroatoms. The topological polar surface area (TPSA) is 114 Å². The predicted octanol–water partition coefficient (Wildman–Crippen LogP) is 5.00. The van der Waals surface area contributed by atoms with Crippen molar-refractivity contribution in [2.45, 2.75) is 32.5 Å². The average Bonchev–Trinajstić information content (AvgIpc) is 3.59. The summed E-state index contributed by atoms with van der Waals surface area (Å²) < 4.78 is 13.1. The van der Waals surface area contributed by atoms with Crippen LogP contribution in [0.25, 0.3) is 5.76 Å². The van der Waals surface area contributed by atoms with Crippen molar-refractivity contribution in [1.82, 2.24) is 14.5 Å². The molecule has 210 valence electrons. The highest BCUT2D eigenvalue weighted by Crippen LogP contribution is 2.42. The Morgan fingerprint density at radius 1 is 1.02 bits per heavy atom. The maximum absolute atomic E-state index is 13.4. The van der Waals surface area contributed by atoms with Crippen LogP contribution in [0.5, 0.6) is 17.2 Å². The molecule has 1 unspecified atom stereocenters. The van der Waals surface area contributed by atoms with Gasteiger partial charge in [0.2, 0.25) is 0 Å². The molecule has 0 bridgehead atoms. The summed E-state index contributed by atoms with van der Waals surface area (Å²) in [6.45, 7) is 3.27. The van der Waals surface area contributed by atoms with Gasteiger partial charge in [0.1, 0.15) is 18.1 Å². The number of phenolic OH excluding ortho intramolecular Hbond substituents is 1. The third kappa shape index (κ3) is 5.94. The molecule has 9 nitrogen and oxygen atoms in total. The molecule has 1 fully saturated rings. The van der Waals surface area contributed by atoms with Gasteiger partial charge in [0.05, 0.1) is 25.1 Å². The lowest BCUT2D eigenvalue weighted by molar-refractivity contribution is -0.139. The Bertz CT molecular complexity index is 1580. The molecule has 2 N–H and O–H groups in total. The van der Waals surface area contributed by atoms with Crippen LogP contribution in [0.3, 0.4) is 0 Å². The maximum atomic E-state index is 13.4. The first kappa shape index (κ1) is 27.5. The Labute approximate surface area is 237 Å². The van der Waals surface area contributed by atoms with E-state index in [0.717, 1.165) is 11.1 Å². The molecule has 4 aromatic rings. The van der Waals surface area contributed by atoms with E-state index in [4.69, 9.17) is 9.47 Å². The second-order valence-corrected chi connectivity index (χ2v) is 9.88. The molecule has 3 aromatic carbocycles. The van der Waals surface area contributed by atoms with Gasteiger partial charge in [0.25, 0.3) is 11.7 Å². The van der Waals surface area contributed by atoms with Crippen LogP contribution in [0.15, 0.2) is 91.0 Å². The van der Waals surface area contributed by atoms with Gasteiger partial charge in [-0.2, -0.15) is 0 Å². The number of aryl methyl sites for hydroxylation is 2. The molecular formula is C32H31N3O6. The van der Waals surface area contributed by atoms with Crippen molar-refractivity contribution in [3.05, 3.63) is 113 Å². The fourth-order valence-electron chi connectivity index (χ4n) is 5.00. The Balaban J connectivity index is 1.44. The summed E-state index contributed by atoms with van der Waals surface area (Å²) >= 11 is 0. The number of Topliss-reactive ketones (excluding diaryl/α,β-unsaturated/α-hetero) is 1. The normalized spacial score (nSPS) is 16.2. The molecule has 0 saturated carbocycles. The number of carbonyl (C=O) groups is 2. The second kappa shape index (κ2) is 12.0. The number of aromatic nitrogens is 2. The summed E-state index contributed by atoms with van der Waals surface area (Å²) in [4.78, 5) is 32.1. The number of carbonyl (C=O) groups excluding carboxylic acids is 2. The van der Waals surface area contributed by atoms with Crippen LogP contribution < -0.4 is 9.47 Å². The summed E-state index contributed by atoms with van der Waals surface area (Å²) in [5.41, 5.74) is 3.06. The standard InChI is InChI=1S/C32H31N3O6/c1-21-5-3-6-22(17-21)19-41-25-10-7-23(8-11-25)30(37)28-29(24-9-12-26(36)27(18-24)40-2)35(32(39)31(28)38)15-4-14-34-16-13-33-20-34/h3,5-13,16-18,20,29,36-37H,4,14-15,19H2,1-2H3. The predicted molar refractivity (Wildman–Crippen MR) is 152 cm³/mol. The third-order valence-corrected chi connectivity index (χ3v) is 7.05. The molecule has 1 amide bonds. The van der Waals surface area contributed by atoms with Crippen molar-refractivity contribution in [2.75, 3.05) is 13.7 Å². The van der Waals surface area contributed by atoms with Gasteiger partial charge >= 0.3 is 0 Å². The zero-order valence-corrected chi connectivity index (χ0v) is 22.9. The molecule has 41 heavy (non-hydrogen) atoms. The number of aliphatic hydroxyl groups excluding tert-OH is 1. The number of amides is 1. The minimum atomic E-state index is -0.871. The van der Waals surface area contributed by atoms with Crippen LogP contribution in [-0.2, 0) is 22.7 Å². The smallest absolute Gasteiger partial charge is 0.295 e. The second-order valence-electron chi connectivity index (χ2n) is 9.88. The van der Waals surface area contributed by atoms with Gasteiger partial charge in [0.15, 0.2) is 11.5 Å². The molecule has 5 rings (SSSR count). The number of imidazole rings is 1. The van der Waals surface area contributed by atoms with E-state index >= 15 is 0 Å². The molecule has 2 heterocycles. The monoisotopic (exact) mass is 553 g/mol. The number of methoxy groups -OCH3 is 1. The zero-order valence-electron chi connectivity index (χ0n) is 22.9. The maximum Gasteiger partial charge on any atom is 0.295 e. The number of ketones is 1. The van der Waals surface area contributed by atoms with Crippen molar-refractivity contribution in [2.24, 2.45) is 0 Å². The SMILES string of the molecule is COc1cc(C2C(=C(O)c3ccc(OCc4cccc(C)c4)cc3)C(=O)C(=O)N2CCCn2ccnc2)ccc1O. The number of likely N-dealkylation sites (tertiary alicyclic amines) is 1. The highest BCUT2D eigenvalue weighted by atomic mass is 16.5. The van der Waals surface area contributed by atoms with Crippen molar-refractivity contribution in [3.63, 3.8) is 0 Å². The molecule has 0 radical (unpaired) electrons. The van der Waals surface area contributed by atoms with Gasteiger partial charge in [0, 0.05) is 31.0 Å². The molecule has 0 aliphatic carbocycles. The van der Waals surface area contributed by atoms with Crippen molar-refractivity contribution in [1.29, 1.82) is 0 Å². The van der Waals surface area contributed by atoms with Gasteiger partial charge in [-0.1, -0.05) is 35.9 Å². The van der Waals surface area contributed by atoms with Crippen molar-refractivity contribution in [3.8, 4) is 17.2 Å². The fraction of sp³-hybridized carbons (Fsp3) is 0.219. The van der Waals surface area contributed by atoms with Crippen molar-refractivity contribution < 1.29 is 29.3 Å². The number of hydrogen-bond donors (Lipinski definition) is 2. The van der Waals surface area contributed by atoms with Crippen LogP contribution in [-0.4, -0.2) is 50.0 Å². The first-order chi connectivity index (χ1) is 19.9. The number of aromatic hydroxyl groups is 1. The minimum absolute atomic E-state index is 0.0289. The molecule has 1 aromatic heterocycles. The molecular weight excluding hydrogens is 522 g/mol. The average molecular weight is 554 g/mol. The molecule has 1 aliphatic rings. The number of benzene rings is 3. The highest BCUT2D eigenvalue weighted by Gasteiger charge is 2.46. The quantitative estimate of drug-likeness (QED) is 0.161. The summed E-state index contributed by atoms with van der Waals surface area (Å²) in [5, 5.41) is 21.5. The Morgan fingerprint density at radius 3 is 2.54 bits per heavy atom. The fourth-order valence-corrected chi connectivity index (χ4v) is 5.00. The highest BCUT2D eigenvalue weighted by molar-refractivity contribution is 6.46. The van der Waals surface area contributed by atoms with Crippen LogP contribution in [0.2, 0.25) is 0 Å². The lowest BCUT2D eigenvalue weighted by Crippen LogP contribution is -2.31. The van der Waals surface area contributed by atoms with Gasteiger partial charge < -0.3 is 29.2 Å². The van der Waals surface area contributed by atoms with E-state index in [1.807, 2.05) is 42.0 Å². The molecule has 1 aliphatic heterocycles. The van der Waals surface area contributed by atoms with Crippen molar-refractivity contribution >= 4 is 17.4 Å². The first-order valence-corrected chi connectivity index (χ1v) is 13.3. The first-order valence-electron chi connectivity index (χ1n) is 13.3. The van der Waals surface area contributed by atoms with Gasteiger partial charge in [-0.15, -0.1) is 0 Å². The van der Waals surface area contributed by atoms with Gasteiger partial charge in [-0.05, 0) is 60.9 Å². The third-order valence-electron chi connectivity index (χ3n) is 7.05. The van der Waals surface area contributed by atoms with E-state index in [2.05, 4.69) is 4.98 Å². The van der Waals surface area contributed by atoms with Gasteiger partial charge in [-0.3, -0.25) is 9.59 Å². The summed E-state index contributed by atoms with van der Waals surface area (Å²) in [5.74, 6) is -1.05. The summed E-state index contributed by atoms with van der Waals surface area (Å²) in [6.07, 6.45) is 5.74. The van der Waals surface area contributed by atoms with E-state index in [0.29, 0.717) is 36.4 Å². The van der Waals surface area contributed by atoms with Crippen LogP contribution in [0.4, 0.5) is 0 Å². The lowest BCUT2D eigenvalue weighted by Gasteiger charge is -2.26. The Hall–Kier alpha value is -5.05.